The minimum Gasteiger partial charge on any atom is -0.478 e. The first-order chi connectivity index (χ1) is 13.0. The third-order valence-corrected chi connectivity index (χ3v) is 5.32. The van der Waals surface area contributed by atoms with Crippen LogP contribution in [0.5, 0.6) is 0 Å². The maximum absolute atomic E-state index is 11.8. The zero-order valence-corrected chi connectivity index (χ0v) is 15.4. The molecule has 1 aliphatic rings. The van der Waals surface area contributed by atoms with E-state index in [1.54, 1.807) is 12.4 Å². The van der Waals surface area contributed by atoms with Gasteiger partial charge in [-0.1, -0.05) is 6.07 Å². The molecular formula is C19H18ClN3O4. The first kappa shape index (κ1) is 17.8. The van der Waals surface area contributed by atoms with Crippen molar-refractivity contribution in [3.8, 4) is 5.69 Å². The van der Waals surface area contributed by atoms with Gasteiger partial charge in [-0.05, 0) is 25.5 Å². The van der Waals surface area contributed by atoms with E-state index >= 15 is 0 Å². The highest BCUT2D eigenvalue weighted by Gasteiger charge is 2.39. The highest BCUT2D eigenvalue weighted by molar-refractivity contribution is 6.18. The Bertz CT molecular complexity index is 1030. The fourth-order valence-corrected chi connectivity index (χ4v) is 3.48. The SMILES string of the molecule is Cc1cn(-c2ccc(C=C(CC3(CCl)COC3)C(=O)O)c3ncoc23)cn1. The van der Waals surface area contributed by atoms with E-state index in [0.717, 1.165) is 11.4 Å². The van der Waals surface area contributed by atoms with Crippen molar-refractivity contribution in [3.63, 3.8) is 0 Å². The Labute approximate surface area is 160 Å². The molecule has 140 valence electrons. The summed E-state index contributed by atoms with van der Waals surface area (Å²) >= 11 is 6.04. The van der Waals surface area contributed by atoms with Gasteiger partial charge in [-0.15, -0.1) is 11.6 Å². The van der Waals surface area contributed by atoms with Crippen LogP contribution in [0, 0.1) is 12.3 Å². The van der Waals surface area contributed by atoms with E-state index in [1.165, 1.54) is 6.39 Å². The molecule has 0 unspecified atom stereocenters. The smallest absolute Gasteiger partial charge is 0.331 e. The van der Waals surface area contributed by atoms with Crippen molar-refractivity contribution >= 4 is 34.7 Å². The van der Waals surface area contributed by atoms with Crippen LogP contribution in [-0.4, -0.2) is 44.7 Å². The van der Waals surface area contributed by atoms with Crippen molar-refractivity contribution in [2.24, 2.45) is 5.41 Å². The van der Waals surface area contributed by atoms with Gasteiger partial charge in [0, 0.05) is 28.6 Å². The van der Waals surface area contributed by atoms with Crippen LogP contribution in [0.3, 0.4) is 0 Å². The number of fused-ring (bicyclic) bond motifs is 1. The second-order valence-corrected chi connectivity index (χ2v) is 7.17. The number of imidazole rings is 1. The van der Waals surface area contributed by atoms with Crippen LogP contribution in [0.25, 0.3) is 22.9 Å². The number of carboxylic acids is 1. The molecule has 1 fully saturated rings. The van der Waals surface area contributed by atoms with E-state index in [1.807, 2.05) is 29.8 Å². The molecule has 0 saturated carbocycles. The predicted octanol–water partition coefficient (Wildman–Crippen LogP) is 3.44. The second kappa shape index (κ2) is 6.83. The zero-order valence-electron chi connectivity index (χ0n) is 14.7. The van der Waals surface area contributed by atoms with Crippen molar-refractivity contribution < 1.29 is 19.1 Å². The molecule has 1 aliphatic heterocycles. The Morgan fingerprint density at radius 1 is 1.41 bits per heavy atom. The Morgan fingerprint density at radius 2 is 2.22 bits per heavy atom. The summed E-state index contributed by atoms with van der Waals surface area (Å²) in [6.07, 6.45) is 6.92. The molecule has 3 aromatic rings. The lowest BCUT2D eigenvalue weighted by molar-refractivity contribution is -0.135. The van der Waals surface area contributed by atoms with Gasteiger partial charge in [-0.2, -0.15) is 0 Å². The minimum absolute atomic E-state index is 0.273. The molecule has 7 nitrogen and oxygen atoms in total. The summed E-state index contributed by atoms with van der Waals surface area (Å²) in [5, 5.41) is 9.66. The minimum atomic E-state index is -0.975. The standard InChI is InChI=1S/C19H18ClN3O4/c1-12-6-23(10-21-12)15-3-2-13(16-17(15)27-11-22-16)4-14(18(24)25)5-19(7-20)8-26-9-19/h2-4,6,10-11H,5,7-9H2,1H3,(H,24,25). The third-order valence-electron chi connectivity index (χ3n) is 4.75. The van der Waals surface area contributed by atoms with Crippen LogP contribution < -0.4 is 0 Å². The fraction of sp³-hybridized carbons (Fsp3) is 0.316. The van der Waals surface area contributed by atoms with Gasteiger partial charge in [0.25, 0.3) is 0 Å². The number of ether oxygens (including phenoxy) is 1. The molecule has 27 heavy (non-hydrogen) atoms. The number of aryl methyl sites for hydroxylation is 1. The van der Waals surface area contributed by atoms with Crippen LogP contribution in [0.1, 0.15) is 17.7 Å². The van der Waals surface area contributed by atoms with E-state index in [-0.39, 0.29) is 11.0 Å². The van der Waals surface area contributed by atoms with E-state index < -0.39 is 5.97 Å². The normalized spacial score (nSPS) is 16.4. The molecule has 1 saturated heterocycles. The number of alkyl halides is 1. The van der Waals surface area contributed by atoms with Gasteiger partial charge in [0.15, 0.2) is 12.0 Å². The number of hydrogen-bond acceptors (Lipinski definition) is 5. The van der Waals surface area contributed by atoms with E-state index in [9.17, 15) is 9.90 Å². The number of carbonyl (C=O) groups is 1. The largest absolute Gasteiger partial charge is 0.478 e. The lowest BCUT2D eigenvalue weighted by Crippen LogP contribution is -2.44. The molecule has 0 atom stereocenters. The second-order valence-electron chi connectivity index (χ2n) is 6.90. The number of oxazole rings is 1. The molecule has 0 spiro atoms. The molecule has 0 bridgehead atoms. The molecule has 3 heterocycles. The molecule has 8 heteroatoms. The summed E-state index contributed by atoms with van der Waals surface area (Å²) in [6, 6.07) is 3.70. The first-order valence-corrected chi connectivity index (χ1v) is 8.99. The van der Waals surface area contributed by atoms with Crippen LogP contribution >= 0.6 is 11.6 Å². The molecule has 0 amide bonds. The number of aliphatic carboxylic acids is 1. The van der Waals surface area contributed by atoms with Crippen LogP contribution in [-0.2, 0) is 9.53 Å². The number of aromatic nitrogens is 3. The molecule has 0 radical (unpaired) electrons. The van der Waals surface area contributed by atoms with Gasteiger partial charge in [0.1, 0.15) is 5.52 Å². The first-order valence-electron chi connectivity index (χ1n) is 8.46. The van der Waals surface area contributed by atoms with Gasteiger partial charge in [-0.3, -0.25) is 0 Å². The van der Waals surface area contributed by atoms with Gasteiger partial charge in [-0.25, -0.2) is 14.8 Å². The van der Waals surface area contributed by atoms with E-state index in [4.69, 9.17) is 20.8 Å². The van der Waals surface area contributed by atoms with Crippen molar-refractivity contribution in [3.05, 3.63) is 47.9 Å². The number of benzene rings is 1. The van der Waals surface area contributed by atoms with Gasteiger partial charge >= 0.3 is 5.97 Å². The van der Waals surface area contributed by atoms with Gasteiger partial charge in [0.05, 0.1) is 30.9 Å². The number of hydrogen-bond donors (Lipinski definition) is 1. The summed E-state index contributed by atoms with van der Waals surface area (Å²) in [7, 11) is 0. The van der Waals surface area contributed by atoms with E-state index in [2.05, 4.69) is 9.97 Å². The lowest BCUT2D eigenvalue weighted by Gasteiger charge is -2.40. The average molecular weight is 388 g/mol. The zero-order chi connectivity index (χ0) is 19.0. The van der Waals surface area contributed by atoms with Crippen molar-refractivity contribution in [2.75, 3.05) is 19.1 Å². The van der Waals surface area contributed by atoms with Crippen molar-refractivity contribution in [1.29, 1.82) is 0 Å². The van der Waals surface area contributed by atoms with Gasteiger partial charge in [0.2, 0.25) is 0 Å². The Kier molecular flexibility index (Phi) is 4.49. The number of nitrogens with zero attached hydrogens (tertiary/aromatic N) is 3. The van der Waals surface area contributed by atoms with Crippen LogP contribution in [0.15, 0.2) is 41.0 Å². The topological polar surface area (TPSA) is 90.4 Å². The third kappa shape index (κ3) is 3.24. The summed E-state index contributed by atoms with van der Waals surface area (Å²) in [5.41, 5.74) is 3.49. The van der Waals surface area contributed by atoms with Crippen molar-refractivity contribution in [2.45, 2.75) is 13.3 Å². The summed E-state index contributed by atoms with van der Waals surface area (Å²) < 4.78 is 12.7. The highest BCUT2D eigenvalue weighted by Crippen LogP contribution is 2.37. The quantitative estimate of drug-likeness (QED) is 0.514. The number of rotatable bonds is 6. The average Bonchev–Trinajstić information content (AvgIpc) is 3.26. The molecule has 0 aliphatic carbocycles. The maximum atomic E-state index is 11.8. The predicted molar refractivity (Wildman–Crippen MR) is 100 cm³/mol. The maximum Gasteiger partial charge on any atom is 0.331 e. The van der Waals surface area contributed by atoms with Crippen LogP contribution in [0.2, 0.25) is 0 Å². The molecule has 1 aromatic carbocycles. The Balaban J connectivity index is 1.76. The Hall–Kier alpha value is -2.64. The van der Waals surface area contributed by atoms with E-state index in [0.29, 0.717) is 42.2 Å². The lowest BCUT2D eigenvalue weighted by atomic mass is 9.81. The summed E-state index contributed by atoms with van der Waals surface area (Å²) in [6.45, 7) is 2.85. The van der Waals surface area contributed by atoms with Gasteiger partial charge < -0.3 is 18.8 Å². The summed E-state index contributed by atoms with van der Waals surface area (Å²) in [4.78, 5) is 20.3. The van der Waals surface area contributed by atoms with Crippen LogP contribution in [0.4, 0.5) is 0 Å². The molecule has 1 N–H and O–H groups in total. The number of carboxylic acid groups (broad SMARTS) is 1. The van der Waals surface area contributed by atoms with Crippen molar-refractivity contribution in [1.82, 2.24) is 14.5 Å². The monoisotopic (exact) mass is 387 g/mol. The highest BCUT2D eigenvalue weighted by atomic mass is 35.5. The molecule has 4 rings (SSSR count). The fourth-order valence-electron chi connectivity index (χ4n) is 3.23. The Morgan fingerprint density at radius 3 is 2.81 bits per heavy atom. The summed E-state index contributed by atoms with van der Waals surface area (Å²) in [5.74, 6) is -0.618. The molecular weight excluding hydrogens is 370 g/mol. The molecule has 2 aromatic heterocycles. The number of halogens is 1.